The van der Waals surface area contributed by atoms with Crippen molar-refractivity contribution in [2.75, 3.05) is 0 Å². The summed E-state index contributed by atoms with van der Waals surface area (Å²) in [6, 6.07) is 14.2. The molecule has 0 radical (unpaired) electrons. The molecule has 1 atom stereocenters. The number of ether oxygens (including phenoxy) is 1. The summed E-state index contributed by atoms with van der Waals surface area (Å²) < 4.78 is 6.34. The summed E-state index contributed by atoms with van der Waals surface area (Å²) in [6.07, 6.45) is -0.835. The van der Waals surface area contributed by atoms with Gasteiger partial charge in [-0.05, 0) is 34.1 Å². The number of hydrogen-bond donors (Lipinski definition) is 1. The molecule has 0 aliphatic heterocycles. The zero-order chi connectivity index (χ0) is 13.8. The number of carbonyl (C=O) groups excluding carboxylic acids is 1. The van der Waals surface area contributed by atoms with Gasteiger partial charge in [0.25, 0.3) is 5.91 Å². The van der Waals surface area contributed by atoms with Crippen molar-refractivity contribution in [2.24, 2.45) is 5.73 Å². The van der Waals surface area contributed by atoms with Crippen LogP contribution in [-0.2, 0) is 4.79 Å². The van der Waals surface area contributed by atoms with Crippen molar-refractivity contribution in [3.8, 4) is 5.75 Å². The smallest absolute Gasteiger partial charge is 0.263 e. The van der Waals surface area contributed by atoms with Gasteiger partial charge in [-0.1, -0.05) is 41.9 Å². The lowest BCUT2D eigenvalue weighted by Crippen LogP contribution is -2.26. The van der Waals surface area contributed by atoms with E-state index in [1.165, 1.54) is 0 Å². The van der Waals surface area contributed by atoms with Crippen LogP contribution in [0.1, 0.15) is 11.7 Å². The molecule has 1 unspecified atom stereocenters. The standard InChI is InChI=1S/C14H11BrClNO2/c15-11-8-10(16)6-7-12(11)19-13(14(17)18)9-4-2-1-3-5-9/h1-8,13H,(H2,17,18). The number of rotatable bonds is 4. The summed E-state index contributed by atoms with van der Waals surface area (Å²) in [6.45, 7) is 0. The van der Waals surface area contributed by atoms with Crippen LogP contribution in [0.2, 0.25) is 5.02 Å². The van der Waals surface area contributed by atoms with Crippen molar-refractivity contribution in [2.45, 2.75) is 6.10 Å². The molecular weight excluding hydrogens is 330 g/mol. The van der Waals surface area contributed by atoms with E-state index in [9.17, 15) is 4.79 Å². The van der Waals surface area contributed by atoms with Crippen LogP contribution >= 0.6 is 27.5 Å². The number of primary amides is 1. The van der Waals surface area contributed by atoms with Crippen LogP contribution in [0.15, 0.2) is 53.0 Å². The van der Waals surface area contributed by atoms with E-state index in [1.54, 1.807) is 30.3 Å². The second-order valence-corrected chi connectivity index (χ2v) is 5.18. The Bertz CT molecular complexity index is 589. The number of hydrogen-bond acceptors (Lipinski definition) is 2. The van der Waals surface area contributed by atoms with E-state index in [0.717, 1.165) is 0 Å². The molecule has 0 aromatic heterocycles. The van der Waals surface area contributed by atoms with Gasteiger partial charge in [-0.3, -0.25) is 4.79 Å². The van der Waals surface area contributed by atoms with Crippen molar-refractivity contribution in [3.63, 3.8) is 0 Å². The second kappa shape index (κ2) is 6.08. The maximum absolute atomic E-state index is 11.5. The van der Waals surface area contributed by atoms with Gasteiger partial charge in [0.05, 0.1) is 4.47 Å². The first-order valence-electron chi connectivity index (χ1n) is 5.54. The molecule has 98 valence electrons. The summed E-state index contributed by atoms with van der Waals surface area (Å²) in [4.78, 5) is 11.5. The Labute approximate surface area is 124 Å². The lowest BCUT2D eigenvalue weighted by molar-refractivity contribution is -0.125. The summed E-state index contributed by atoms with van der Waals surface area (Å²) >= 11 is 9.19. The lowest BCUT2D eigenvalue weighted by Gasteiger charge is -2.17. The predicted molar refractivity (Wildman–Crippen MR) is 78.2 cm³/mol. The zero-order valence-corrected chi connectivity index (χ0v) is 12.2. The van der Waals surface area contributed by atoms with Crippen LogP contribution in [0.4, 0.5) is 0 Å². The Kier molecular flexibility index (Phi) is 4.45. The van der Waals surface area contributed by atoms with Crippen LogP contribution in [-0.4, -0.2) is 5.91 Å². The summed E-state index contributed by atoms with van der Waals surface area (Å²) in [5, 5.41) is 0.578. The van der Waals surface area contributed by atoms with E-state index in [4.69, 9.17) is 22.1 Å². The molecule has 0 saturated heterocycles. The highest BCUT2D eigenvalue weighted by atomic mass is 79.9. The minimum atomic E-state index is -0.835. The van der Waals surface area contributed by atoms with Gasteiger partial charge in [0.1, 0.15) is 5.75 Å². The van der Waals surface area contributed by atoms with Crippen LogP contribution < -0.4 is 10.5 Å². The molecule has 0 aliphatic rings. The number of halogens is 2. The van der Waals surface area contributed by atoms with Crippen LogP contribution in [0.5, 0.6) is 5.75 Å². The molecule has 3 nitrogen and oxygen atoms in total. The molecule has 0 aliphatic carbocycles. The monoisotopic (exact) mass is 339 g/mol. The minimum absolute atomic E-state index is 0.511. The molecule has 5 heteroatoms. The minimum Gasteiger partial charge on any atom is -0.475 e. The topological polar surface area (TPSA) is 52.3 Å². The normalized spacial score (nSPS) is 11.9. The molecule has 19 heavy (non-hydrogen) atoms. The Balaban J connectivity index is 2.29. The Hall–Kier alpha value is -1.52. The number of nitrogens with two attached hydrogens (primary N) is 1. The molecule has 2 aromatic carbocycles. The fraction of sp³-hybridized carbons (Fsp3) is 0.0714. The fourth-order valence-corrected chi connectivity index (χ4v) is 2.39. The lowest BCUT2D eigenvalue weighted by atomic mass is 10.1. The van der Waals surface area contributed by atoms with Crippen LogP contribution in [0.25, 0.3) is 0 Å². The highest BCUT2D eigenvalue weighted by molar-refractivity contribution is 9.10. The average Bonchev–Trinajstić information content (AvgIpc) is 2.38. The van der Waals surface area contributed by atoms with Gasteiger partial charge in [-0.25, -0.2) is 0 Å². The second-order valence-electron chi connectivity index (χ2n) is 3.89. The zero-order valence-electron chi connectivity index (χ0n) is 9.85. The van der Waals surface area contributed by atoms with Gasteiger partial charge < -0.3 is 10.5 Å². The predicted octanol–water partition coefficient (Wildman–Crippen LogP) is 3.71. The summed E-state index contributed by atoms with van der Waals surface area (Å²) in [5.74, 6) is -0.0369. The first kappa shape index (κ1) is 13.9. The van der Waals surface area contributed by atoms with Crippen molar-refractivity contribution in [1.82, 2.24) is 0 Å². The third-order valence-corrected chi connectivity index (χ3v) is 3.35. The summed E-state index contributed by atoms with van der Waals surface area (Å²) in [7, 11) is 0. The van der Waals surface area contributed by atoms with Gasteiger partial charge in [0.15, 0.2) is 0 Å². The van der Waals surface area contributed by atoms with Crippen molar-refractivity contribution in [3.05, 3.63) is 63.6 Å². The third-order valence-electron chi connectivity index (χ3n) is 2.50. The molecule has 1 amide bonds. The quantitative estimate of drug-likeness (QED) is 0.922. The van der Waals surface area contributed by atoms with E-state index >= 15 is 0 Å². The van der Waals surface area contributed by atoms with Gasteiger partial charge in [0, 0.05) is 10.6 Å². The van der Waals surface area contributed by atoms with E-state index in [-0.39, 0.29) is 0 Å². The molecule has 0 saturated carbocycles. The summed E-state index contributed by atoms with van der Waals surface area (Å²) in [5.41, 5.74) is 6.10. The van der Waals surface area contributed by atoms with Gasteiger partial charge in [0.2, 0.25) is 6.10 Å². The highest BCUT2D eigenvalue weighted by Crippen LogP contribution is 2.31. The van der Waals surface area contributed by atoms with Gasteiger partial charge in [-0.2, -0.15) is 0 Å². The molecule has 0 bridgehead atoms. The van der Waals surface area contributed by atoms with E-state index < -0.39 is 12.0 Å². The largest absolute Gasteiger partial charge is 0.475 e. The van der Waals surface area contributed by atoms with Crippen molar-refractivity contribution >= 4 is 33.4 Å². The maximum atomic E-state index is 11.5. The molecule has 0 heterocycles. The molecule has 2 N–H and O–H groups in total. The first-order valence-corrected chi connectivity index (χ1v) is 6.71. The van der Waals surface area contributed by atoms with Crippen LogP contribution in [0.3, 0.4) is 0 Å². The van der Waals surface area contributed by atoms with E-state index in [0.29, 0.717) is 20.8 Å². The molecule has 2 aromatic rings. The van der Waals surface area contributed by atoms with E-state index in [1.807, 2.05) is 18.2 Å². The van der Waals surface area contributed by atoms with E-state index in [2.05, 4.69) is 15.9 Å². The Morgan fingerprint density at radius 1 is 1.21 bits per heavy atom. The highest BCUT2D eigenvalue weighted by Gasteiger charge is 2.20. The average molecular weight is 341 g/mol. The number of benzene rings is 2. The molecule has 2 rings (SSSR count). The van der Waals surface area contributed by atoms with Gasteiger partial charge in [-0.15, -0.1) is 0 Å². The Morgan fingerprint density at radius 2 is 1.89 bits per heavy atom. The number of carbonyl (C=O) groups is 1. The Morgan fingerprint density at radius 3 is 2.47 bits per heavy atom. The molecule has 0 fully saturated rings. The van der Waals surface area contributed by atoms with Crippen molar-refractivity contribution in [1.29, 1.82) is 0 Å². The first-order chi connectivity index (χ1) is 9.08. The van der Waals surface area contributed by atoms with Crippen LogP contribution in [0, 0.1) is 0 Å². The molecular formula is C14H11BrClNO2. The molecule has 0 spiro atoms. The number of amides is 1. The van der Waals surface area contributed by atoms with Crippen molar-refractivity contribution < 1.29 is 9.53 Å². The SMILES string of the molecule is NC(=O)C(Oc1ccc(Cl)cc1Br)c1ccccc1. The third kappa shape index (κ3) is 3.49. The van der Waals surface area contributed by atoms with Gasteiger partial charge >= 0.3 is 0 Å². The fourth-order valence-electron chi connectivity index (χ4n) is 1.62. The maximum Gasteiger partial charge on any atom is 0.263 e.